The summed E-state index contributed by atoms with van der Waals surface area (Å²) in [4.78, 5) is 0. The van der Waals surface area contributed by atoms with Crippen LogP contribution in [0.4, 0.5) is 4.39 Å². The molecule has 2 aromatic carbocycles. The summed E-state index contributed by atoms with van der Waals surface area (Å²) in [6.45, 7) is 2.06. The molecule has 0 aliphatic carbocycles. The van der Waals surface area contributed by atoms with Gasteiger partial charge in [-0.1, -0.05) is 41.4 Å². The van der Waals surface area contributed by atoms with Crippen molar-refractivity contribution in [1.82, 2.24) is 9.61 Å². The van der Waals surface area contributed by atoms with Crippen molar-refractivity contribution in [3.8, 4) is 22.4 Å². The quantitative estimate of drug-likeness (QED) is 0.454. The van der Waals surface area contributed by atoms with Crippen LogP contribution in [0.3, 0.4) is 0 Å². The second kappa shape index (κ2) is 5.77. The van der Waals surface area contributed by atoms with Crippen molar-refractivity contribution in [3.05, 3.63) is 83.3 Å². The van der Waals surface area contributed by atoms with E-state index in [1.165, 1.54) is 17.7 Å². The molecule has 0 aliphatic rings. The minimum Gasteiger partial charge on any atom is -0.232 e. The first-order valence-corrected chi connectivity index (χ1v) is 8.00. The van der Waals surface area contributed by atoms with Gasteiger partial charge in [0.15, 0.2) is 0 Å². The number of hydrogen-bond donors (Lipinski definition) is 0. The topological polar surface area (TPSA) is 17.3 Å². The Hall–Kier alpha value is -2.65. The number of aromatic nitrogens is 2. The second-order valence-corrected chi connectivity index (χ2v) is 6.22. The first kappa shape index (κ1) is 14.9. The van der Waals surface area contributed by atoms with Crippen LogP contribution >= 0.6 is 11.6 Å². The van der Waals surface area contributed by atoms with Crippen LogP contribution in [0.25, 0.3) is 27.9 Å². The van der Waals surface area contributed by atoms with Crippen LogP contribution in [0.2, 0.25) is 5.02 Å². The molecule has 0 radical (unpaired) electrons. The molecule has 118 valence electrons. The maximum atomic E-state index is 13.2. The molecule has 0 bridgehead atoms. The van der Waals surface area contributed by atoms with E-state index in [4.69, 9.17) is 11.6 Å². The molecule has 0 N–H and O–H groups in total. The summed E-state index contributed by atoms with van der Waals surface area (Å²) >= 11 is 6.33. The molecule has 2 aromatic heterocycles. The van der Waals surface area contributed by atoms with E-state index < -0.39 is 0 Å². The highest BCUT2D eigenvalue weighted by atomic mass is 35.5. The molecule has 0 atom stereocenters. The first-order valence-electron chi connectivity index (χ1n) is 7.62. The number of halogens is 2. The minimum atomic E-state index is -0.266. The van der Waals surface area contributed by atoms with Gasteiger partial charge in [0.1, 0.15) is 5.82 Å². The summed E-state index contributed by atoms with van der Waals surface area (Å²) in [5.41, 5.74) is 5.92. The average Bonchev–Trinajstić information content (AvgIpc) is 2.99. The monoisotopic (exact) mass is 336 g/mol. The van der Waals surface area contributed by atoms with Crippen LogP contribution in [0.1, 0.15) is 5.56 Å². The third kappa shape index (κ3) is 2.57. The summed E-state index contributed by atoms with van der Waals surface area (Å²) in [5.74, 6) is -0.266. The molecule has 0 aliphatic heterocycles. The molecule has 4 heteroatoms. The van der Waals surface area contributed by atoms with Crippen LogP contribution in [-0.2, 0) is 0 Å². The Bertz CT molecular complexity index is 1020. The van der Waals surface area contributed by atoms with Crippen LogP contribution in [0, 0.1) is 12.7 Å². The molecule has 2 nitrogen and oxygen atoms in total. The van der Waals surface area contributed by atoms with Crippen LogP contribution < -0.4 is 0 Å². The highest BCUT2D eigenvalue weighted by Crippen LogP contribution is 2.31. The molecule has 4 aromatic rings. The van der Waals surface area contributed by atoms with Crippen LogP contribution in [0.5, 0.6) is 0 Å². The Morgan fingerprint density at radius 2 is 1.58 bits per heavy atom. The van der Waals surface area contributed by atoms with Gasteiger partial charge in [0, 0.05) is 16.1 Å². The molecular weight excluding hydrogens is 323 g/mol. The van der Waals surface area contributed by atoms with Gasteiger partial charge >= 0.3 is 0 Å². The van der Waals surface area contributed by atoms with E-state index in [0.717, 1.165) is 27.9 Å². The van der Waals surface area contributed by atoms with Crippen molar-refractivity contribution in [3.63, 3.8) is 0 Å². The van der Waals surface area contributed by atoms with Gasteiger partial charge in [0.05, 0.1) is 17.4 Å². The summed E-state index contributed by atoms with van der Waals surface area (Å²) in [6.07, 6.45) is 1.84. The SMILES string of the molecule is Cc1ccc(-c2cnn3c(-c4ccc(F)cc4)cc(Cl)cc23)cc1. The number of pyridine rings is 1. The lowest BCUT2D eigenvalue weighted by Crippen LogP contribution is -1.94. The van der Waals surface area contributed by atoms with Crippen LogP contribution in [0.15, 0.2) is 66.9 Å². The lowest BCUT2D eigenvalue weighted by Gasteiger charge is -2.07. The van der Waals surface area contributed by atoms with E-state index in [2.05, 4.69) is 36.3 Å². The fourth-order valence-corrected chi connectivity index (χ4v) is 3.04. The molecule has 0 fully saturated rings. The molecule has 24 heavy (non-hydrogen) atoms. The Labute approximate surface area is 144 Å². The standard InChI is InChI=1S/C20H14ClFN2/c1-13-2-4-14(5-3-13)18-12-23-24-19(10-16(21)11-20(18)24)15-6-8-17(22)9-7-15/h2-12H,1H3. The number of benzene rings is 2. The van der Waals surface area contributed by atoms with Crippen molar-refractivity contribution in [1.29, 1.82) is 0 Å². The zero-order valence-corrected chi connectivity index (χ0v) is 13.8. The first-order chi connectivity index (χ1) is 11.6. The molecule has 0 saturated heterocycles. The molecule has 2 heterocycles. The maximum absolute atomic E-state index is 13.2. The van der Waals surface area contributed by atoms with Gasteiger partial charge in [-0.15, -0.1) is 0 Å². The largest absolute Gasteiger partial charge is 0.232 e. The summed E-state index contributed by atoms with van der Waals surface area (Å²) in [5, 5.41) is 5.14. The lowest BCUT2D eigenvalue weighted by atomic mass is 10.1. The van der Waals surface area contributed by atoms with Crippen molar-refractivity contribution < 1.29 is 4.39 Å². The van der Waals surface area contributed by atoms with E-state index in [-0.39, 0.29) is 5.82 Å². The third-order valence-corrected chi connectivity index (χ3v) is 4.30. The molecule has 0 saturated carbocycles. The number of hydrogen-bond acceptors (Lipinski definition) is 1. The Morgan fingerprint density at radius 3 is 2.29 bits per heavy atom. The van der Waals surface area contributed by atoms with E-state index in [1.54, 1.807) is 12.1 Å². The van der Waals surface area contributed by atoms with E-state index in [9.17, 15) is 4.39 Å². The maximum Gasteiger partial charge on any atom is 0.123 e. The van der Waals surface area contributed by atoms with Gasteiger partial charge in [0.2, 0.25) is 0 Å². The van der Waals surface area contributed by atoms with E-state index in [0.29, 0.717) is 5.02 Å². The molecule has 0 unspecified atom stereocenters. The molecular formula is C20H14ClFN2. The highest BCUT2D eigenvalue weighted by molar-refractivity contribution is 6.31. The van der Waals surface area contributed by atoms with Gasteiger partial charge in [-0.2, -0.15) is 5.10 Å². The fourth-order valence-electron chi connectivity index (χ4n) is 2.83. The van der Waals surface area contributed by atoms with Crippen molar-refractivity contribution in [2.45, 2.75) is 6.92 Å². The Kier molecular flexibility index (Phi) is 3.58. The fraction of sp³-hybridized carbons (Fsp3) is 0.0500. The second-order valence-electron chi connectivity index (χ2n) is 5.79. The van der Waals surface area contributed by atoms with Gasteiger partial charge in [0.25, 0.3) is 0 Å². The van der Waals surface area contributed by atoms with Crippen molar-refractivity contribution >= 4 is 17.1 Å². The predicted molar refractivity (Wildman–Crippen MR) is 95.8 cm³/mol. The minimum absolute atomic E-state index is 0.266. The zero-order chi connectivity index (χ0) is 16.7. The molecule has 0 amide bonds. The predicted octanol–water partition coefficient (Wildman–Crippen LogP) is 5.77. The van der Waals surface area contributed by atoms with Gasteiger partial charge < -0.3 is 0 Å². The number of nitrogens with zero attached hydrogens (tertiary/aromatic N) is 2. The van der Waals surface area contributed by atoms with Crippen LogP contribution in [-0.4, -0.2) is 9.61 Å². The number of fused-ring (bicyclic) bond motifs is 1. The van der Waals surface area contributed by atoms with Gasteiger partial charge in [-0.05, 0) is 48.9 Å². The van der Waals surface area contributed by atoms with Crippen molar-refractivity contribution in [2.75, 3.05) is 0 Å². The lowest BCUT2D eigenvalue weighted by molar-refractivity contribution is 0.628. The zero-order valence-electron chi connectivity index (χ0n) is 13.0. The normalized spacial score (nSPS) is 11.1. The van der Waals surface area contributed by atoms with E-state index in [1.807, 2.05) is 22.8 Å². The highest BCUT2D eigenvalue weighted by Gasteiger charge is 2.12. The Balaban J connectivity index is 1.94. The van der Waals surface area contributed by atoms with Gasteiger partial charge in [-0.25, -0.2) is 8.91 Å². The summed E-state index contributed by atoms with van der Waals surface area (Å²) in [6, 6.07) is 18.4. The smallest absolute Gasteiger partial charge is 0.123 e. The summed E-state index contributed by atoms with van der Waals surface area (Å²) in [7, 11) is 0. The summed E-state index contributed by atoms with van der Waals surface area (Å²) < 4.78 is 15.0. The average molecular weight is 337 g/mol. The van der Waals surface area contributed by atoms with E-state index >= 15 is 0 Å². The Morgan fingerprint density at radius 1 is 0.917 bits per heavy atom. The van der Waals surface area contributed by atoms with Gasteiger partial charge in [-0.3, -0.25) is 0 Å². The number of aryl methyl sites for hydroxylation is 1. The van der Waals surface area contributed by atoms with Crippen molar-refractivity contribution in [2.24, 2.45) is 0 Å². The molecule has 0 spiro atoms. The molecule has 4 rings (SSSR count). The third-order valence-electron chi connectivity index (χ3n) is 4.09. The number of rotatable bonds is 2.